The van der Waals surface area contributed by atoms with E-state index in [0.29, 0.717) is 40.5 Å². The number of ether oxygens (including phenoxy) is 3. The Balaban J connectivity index is 1.42. The van der Waals surface area contributed by atoms with Crippen LogP contribution in [0.4, 0.5) is 5.69 Å². The minimum Gasteiger partial charge on any atom is -0.497 e. The van der Waals surface area contributed by atoms with Gasteiger partial charge in [-0.15, -0.1) is 0 Å². The van der Waals surface area contributed by atoms with Crippen molar-refractivity contribution in [1.82, 2.24) is 5.43 Å². The van der Waals surface area contributed by atoms with E-state index in [4.69, 9.17) is 14.2 Å². The molecule has 41 heavy (non-hydrogen) atoms. The number of anilines is 1. The maximum absolute atomic E-state index is 12.9. The second kappa shape index (κ2) is 13.6. The third-order valence-corrected chi connectivity index (χ3v) is 5.91. The van der Waals surface area contributed by atoms with Crippen LogP contribution in [-0.4, -0.2) is 37.7 Å². The van der Waals surface area contributed by atoms with E-state index < -0.39 is 11.9 Å². The Morgan fingerprint density at radius 2 is 1.54 bits per heavy atom. The first-order valence-electron chi connectivity index (χ1n) is 12.8. The fourth-order valence-corrected chi connectivity index (χ4v) is 3.76. The van der Waals surface area contributed by atoms with Crippen molar-refractivity contribution in [1.29, 1.82) is 0 Å². The van der Waals surface area contributed by atoms with Crippen LogP contribution in [0.2, 0.25) is 0 Å². The first-order chi connectivity index (χ1) is 19.9. The number of aryl methyl sites for hydroxylation is 1. The number of carbonyl (C=O) groups excluding carboxylic acids is 3. The summed E-state index contributed by atoms with van der Waals surface area (Å²) in [6, 6.07) is 25.2. The number of nitrogens with zero attached hydrogens (tertiary/aromatic N) is 1. The maximum Gasteiger partial charge on any atom is 0.343 e. The third-order valence-electron chi connectivity index (χ3n) is 5.91. The van der Waals surface area contributed by atoms with Crippen molar-refractivity contribution < 1.29 is 28.6 Å². The number of carbonyl (C=O) groups is 3. The first-order valence-corrected chi connectivity index (χ1v) is 12.8. The van der Waals surface area contributed by atoms with Gasteiger partial charge in [0.1, 0.15) is 5.75 Å². The van der Waals surface area contributed by atoms with Crippen molar-refractivity contribution in [2.45, 2.75) is 13.8 Å². The summed E-state index contributed by atoms with van der Waals surface area (Å²) < 4.78 is 16.3. The number of methoxy groups -OCH3 is 1. The monoisotopic (exact) mass is 551 g/mol. The number of amides is 2. The molecule has 0 heterocycles. The summed E-state index contributed by atoms with van der Waals surface area (Å²) in [4.78, 5) is 38.2. The second-order valence-corrected chi connectivity index (χ2v) is 8.82. The molecule has 208 valence electrons. The summed E-state index contributed by atoms with van der Waals surface area (Å²) in [7, 11) is 1.55. The number of hydrogen-bond acceptors (Lipinski definition) is 7. The average Bonchev–Trinajstić information content (AvgIpc) is 2.99. The molecular weight excluding hydrogens is 522 g/mol. The fraction of sp³-hybridized carbons (Fsp3) is 0.125. The molecule has 0 spiro atoms. The number of nitrogens with one attached hydrogen (secondary N) is 2. The topological polar surface area (TPSA) is 115 Å². The standard InChI is InChI=1S/C32H29N3O6/c1-4-40-29-19-22(11-18-28(29)41-32(38)24-12-9-21(2)10-13-24)20-33-35-31(37)26-7-5-6-8-27(26)34-30(36)23-14-16-25(39-3)17-15-23/h5-20H,4H2,1-3H3,(H,34,36)(H,35,37)/b33-20-. The summed E-state index contributed by atoms with van der Waals surface area (Å²) >= 11 is 0. The van der Waals surface area contributed by atoms with Crippen LogP contribution < -0.4 is 25.0 Å². The highest BCUT2D eigenvalue weighted by Crippen LogP contribution is 2.29. The molecule has 0 aliphatic rings. The smallest absolute Gasteiger partial charge is 0.343 e. The lowest BCUT2D eigenvalue weighted by molar-refractivity contribution is 0.0728. The van der Waals surface area contributed by atoms with Crippen molar-refractivity contribution in [3.8, 4) is 17.2 Å². The zero-order chi connectivity index (χ0) is 29.2. The lowest BCUT2D eigenvalue weighted by atomic mass is 10.1. The number of para-hydroxylation sites is 1. The highest BCUT2D eigenvalue weighted by molar-refractivity contribution is 6.09. The van der Waals surface area contributed by atoms with E-state index in [9.17, 15) is 14.4 Å². The molecule has 0 aliphatic heterocycles. The molecular formula is C32H29N3O6. The molecule has 0 bridgehead atoms. The Hall–Kier alpha value is -5.44. The zero-order valence-corrected chi connectivity index (χ0v) is 22.8. The van der Waals surface area contributed by atoms with Crippen LogP contribution in [0.15, 0.2) is 96.1 Å². The van der Waals surface area contributed by atoms with Gasteiger partial charge in [-0.3, -0.25) is 9.59 Å². The fourth-order valence-electron chi connectivity index (χ4n) is 3.76. The highest BCUT2D eigenvalue weighted by atomic mass is 16.6. The Bertz CT molecular complexity index is 1560. The van der Waals surface area contributed by atoms with Crippen LogP contribution in [0.25, 0.3) is 0 Å². The molecule has 9 heteroatoms. The third kappa shape index (κ3) is 7.57. The molecule has 0 aromatic heterocycles. The van der Waals surface area contributed by atoms with Gasteiger partial charge in [0.25, 0.3) is 11.8 Å². The van der Waals surface area contributed by atoms with E-state index in [0.717, 1.165) is 5.56 Å². The van der Waals surface area contributed by atoms with Crippen molar-refractivity contribution in [2.75, 3.05) is 19.0 Å². The molecule has 4 aromatic rings. The van der Waals surface area contributed by atoms with Gasteiger partial charge in [-0.05, 0) is 86.1 Å². The molecule has 0 radical (unpaired) electrons. The molecule has 2 N–H and O–H groups in total. The minimum atomic E-state index is -0.513. The molecule has 0 fully saturated rings. The largest absolute Gasteiger partial charge is 0.497 e. The molecule has 0 atom stereocenters. The Morgan fingerprint density at radius 3 is 2.24 bits per heavy atom. The Labute approximate surface area is 237 Å². The van der Waals surface area contributed by atoms with E-state index in [1.807, 2.05) is 26.0 Å². The number of rotatable bonds is 10. The number of hydrazone groups is 1. The number of benzene rings is 4. The molecule has 4 aromatic carbocycles. The van der Waals surface area contributed by atoms with Gasteiger partial charge in [0.15, 0.2) is 11.5 Å². The van der Waals surface area contributed by atoms with E-state index in [1.165, 1.54) is 6.21 Å². The quantitative estimate of drug-likeness (QED) is 0.114. The van der Waals surface area contributed by atoms with E-state index in [2.05, 4.69) is 15.8 Å². The summed E-state index contributed by atoms with van der Waals surface area (Å²) in [6.07, 6.45) is 1.44. The van der Waals surface area contributed by atoms with Gasteiger partial charge in [0.05, 0.1) is 36.7 Å². The van der Waals surface area contributed by atoms with Crippen LogP contribution in [-0.2, 0) is 0 Å². The van der Waals surface area contributed by atoms with Gasteiger partial charge in [-0.25, -0.2) is 10.2 Å². The van der Waals surface area contributed by atoms with E-state index >= 15 is 0 Å². The van der Waals surface area contributed by atoms with Crippen LogP contribution >= 0.6 is 0 Å². The molecule has 0 unspecified atom stereocenters. The van der Waals surface area contributed by atoms with Gasteiger partial charge in [0.2, 0.25) is 0 Å². The van der Waals surface area contributed by atoms with Crippen molar-refractivity contribution in [2.24, 2.45) is 5.10 Å². The van der Waals surface area contributed by atoms with Gasteiger partial charge < -0.3 is 19.5 Å². The van der Waals surface area contributed by atoms with E-state index in [1.54, 1.807) is 86.0 Å². The van der Waals surface area contributed by atoms with Crippen LogP contribution in [0.5, 0.6) is 17.2 Å². The summed E-state index contributed by atoms with van der Waals surface area (Å²) in [5.74, 6) is -0.138. The SMILES string of the molecule is CCOc1cc(/C=N\NC(=O)c2ccccc2NC(=O)c2ccc(OC)cc2)ccc1OC(=O)c1ccc(C)cc1. The second-order valence-electron chi connectivity index (χ2n) is 8.82. The molecule has 0 aliphatic carbocycles. The van der Waals surface area contributed by atoms with Crippen LogP contribution in [0.3, 0.4) is 0 Å². The lowest BCUT2D eigenvalue weighted by Crippen LogP contribution is -2.21. The van der Waals surface area contributed by atoms with Gasteiger partial charge >= 0.3 is 5.97 Å². The van der Waals surface area contributed by atoms with E-state index in [-0.39, 0.29) is 17.2 Å². The average molecular weight is 552 g/mol. The Kier molecular flexibility index (Phi) is 9.45. The lowest BCUT2D eigenvalue weighted by Gasteiger charge is -2.12. The van der Waals surface area contributed by atoms with Crippen LogP contribution in [0.1, 0.15) is 49.1 Å². The maximum atomic E-state index is 12.9. The molecule has 0 saturated carbocycles. The van der Waals surface area contributed by atoms with Crippen molar-refractivity contribution in [3.63, 3.8) is 0 Å². The molecule has 9 nitrogen and oxygen atoms in total. The summed E-state index contributed by atoms with van der Waals surface area (Å²) in [6.45, 7) is 4.11. The Morgan fingerprint density at radius 1 is 0.829 bits per heavy atom. The predicted octanol–water partition coefficient (Wildman–Crippen LogP) is 5.64. The number of hydrogen-bond donors (Lipinski definition) is 2. The minimum absolute atomic E-state index is 0.236. The molecule has 0 saturated heterocycles. The van der Waals surface area contributed by atoms with Gasteiger partial charge in [-0.2, -0.15) is 5.10 Å². The summed E-state index contributed by atoms with van der Waals surface area (Å²) in [5.41, 5.74) is 5.52. The van der Waals surface area contributed by atoms with Crippen molar-refractivity contribution in [3.05, 3.63) is 119 Å². The molecule has 4 rings (SSSR count). The van der Waals surface area contributed by atoms with Crippen molar-refractivity contribution >= 4 is 29.7 Å². The predicted molar refractivity (Wildman–Crippen MR) is 156 cm³/mol. The normalized spacial score (nSPS) is 10.6. The highest BCUT2D eigenvalue weighted by Gasteiger charge is 2.15. The number of esters is 1. The van der Waals surface area contributed by atoms with Gasteiger partial charge in [0, 0.05) is 5.56 Å². The van der Waals surface area contributed by atoms with Gasteiger partial charge in [-0.1, -0.05) is 29.8 Å². The molecule has 2 amide bonds. The zero-order valence-electron chi connectivity index (χ0n) is 22.8. The van der Waals surface area contributed by atoms with Crippen LogP contribution in [0, 0.1) is 6.92 Å². The summed E-state index contributed by atoms with van der Waals surface area (Å²) in [5, 5.41) is 6.81. The first kappa shape index (κ1) is 28.6.